The molecule has 120 valence electrons. The zero-order chi connectivity index (χ0) is 15.4. The molecule has 0 spiro atoms. The number of hydrogen-bond acceptors (Lipinski definition) is 5. The molecule has 2 fully saturated rings. The molecule has 2 amide bonds. The molecule has 2 aliphatic rings. The average molecular weight is 306 g/mol. The molecule has 7 heteroatoms. The predicted molar refractivity (Wildman–Crippen MR) is 80.9 cm³/mol. The number of carbonyl (C=O) groups excluding carboxylic acids is 1. The predicted octanol–water partition coefficient (Wildman–Crippen LogP) is 2.05. The van der Waals surface area contributed by atoms with Gasteiger partial charge >= 0.3 is 6.03 Å². The molecule has 0 bridgehead atoms. The van der Waals surface area contributed by atoms with E-state index in [2.05, 4.69) is 15.3 Å². The molecule has 3 rings (SSSR count). The summed E-state index contributed by atoms with van der Waals surface area (Å²) in [7, 11) is 1.52. The van der Waals surface area contributed by atoms with Crippen LogP contribution in [-0.2, 0) is 4.74 Å². The Morgan fingerprint density at radius 1 is 1.23 bits per heavy atom. The quantitative estimate of drug-likeness (QED) is 0.921. The number of methoxy groups -OCH3 is 1. The molecule has 0 aromatic carbocycles. The second-order valence-corrected chi connectivity index (χ2v) is 5.75. The summed E-state index contributed by atoms with van der Waals surface area (Å²) in [4.78, 5) is 22.1. The van der Waals surface area contributed by atoms with E-state index in [4.69, 9.17) is 9.47 Å². The van der Waals surface area contributed by atoms with Crippen molar-refractivity contribution in [1.82, 2.24) is 14.9 Å². The van der Waals surface area contributed by atoms with Gasteiger partial charge in [0.15, 0.2) is 5.82 Å². The number of nitrogens with one attached hydrogen (secondary N) is 1. The summed E-state index contributed by atoms with van der Waals surface area (Å²) in [5, 5.41) is 2.76. The van der Waals surface area contributed by atoms with Crippen LogP contribution >= 0.6 is 0 Å². The van der Waals surface area contributed by atoms with Crippen molar-refractivity contribution in [1.29, 1.82) is 0 Å². The Hall–Kier alpha value is -1.89. The van der Waals surface area contributed by atoms with E-state index >= 15 is 0 Å². The number of amides is 2. The zero-order valence-electron chi connectivity index (χ0n) is 12.8. The van der Waals surface area contributed by atoms with Crippen LogP contribution in [0.25, 0.3) is 0 Å². The van der Waals surface area contributed by atoms with E-state index in [0.29, 0.717) is 37.0 Å². The van der Waals surface area contributed by atoms with Crippen LogP contribution in [0, 0.1) is 0 Å². The topological polar surface area (TPSA) is 76.6 Å². The Morgan fingerprint density at radius 2 is 1.95 bits per heavy atom. The van der Waals surface area contributed by atoms with Gasteiger partial charge in [-0.15, -0.1) is 0 Å². The van der Waals surface area contributed by atoms with E-state index in [-0.39, 0.29) is 6.03 Å². The molecule has 1 N–H and O–H groups in total. The molecule has 1 aromatic heterocycles. The first-order valence-electron chi connectivity index (χ1n) is 7.82. The molecule has 1 saturated carbocycles. The Morgan fingerprint density at radius 3 is 2.59 bits per heavy atom. The Labute approximate surface area is 130 Å². The monoisotopic (exact) mass is 306 g/mol. The fraction of sp³-hybridized carbons (Fsp3) is 0.667. The Bertz CT molecular complexity index is 513. The lowest BCUT2D eigenvalue weighted by Crippen LogP contribution is -2.44. The third-order valence-electron chi connectivity index (χ3n) is 4.22. The molecule has 0 unspecified atom stereocenters. The number of hydrogen-bond donors (Lipinski definition) is 1. The summed E-state index contributed by atoms with van der Waals surface area (Å²) >= 11 is 0. The van der Waals surface area contributed by atoms with Gasteiger partial charge in [0.05, 0.1) is 31.7 Å². The molecule has 0 atom stereocenters. The molecule has 2 heterocycles. The molecule has 1 aliphatic carbocycles. The summed E-state index contributed by atoms with van der Waals surface area (Å²) in [5.41, 5.74) is 0. The van der Waals surface area contributed by atoms with E-state index < -0.39 is 0 Å². The van der Waals surface area contributed by atoms with E-state index in [1.807, 2.05) is 0 Å². The largest absolute Gasteiger partial charge is 0.480 e. The van der Waals surface area contributed by atoms with Crippen molar-refractivity contribution < 1.29 is 14.3 Å². The smallest absolute Gasteiger partial charge is 0.323 e. The van der Waals surface area contributed by atoms with Crippen LogP contribution in [0.2, 0.25) is 0 Å². The minimum Gasteiger partial charge on any atom is -0.480 e. The van der Waals surface area contributed by atoms with Gasteiger partial charge in [-0.2, -0.15) is 4.98 Å². The maximum atomic E-state index is 12.2. The van der Waals surface area contributed by atoms with Crippen LogP contribution in [0.5, 0.6) is 5.88 Å². The van der Waals surface area contributed by atoms with Crippen molar-refractivity contribution in [3.8, 4) is 5.88 Å². The zero-order valence-corrected chi connectivity index (χ0v) is 12.8. The second kappa shape index (κ2) is 6.91. The van der Waals surface area contributed by atoms with E-state index in [1.54, 1.807) is 4.90 Å². The number of rotatable bonds is 4. The highest BCUT2D eigenvalue weighted by Crippen LogP contribution is 2.26. The summed E-state index contributed by atoms with van der Waals surface area (Å²) in [6.45, 7) is 1.42. The Kier molecular flexibility index (Phi) is 4.72. The number of urea groups is 1. The normalized spacial score (nSPS) is 19.6. The van der Waals surface area contributed by atoms with Crippen molar-refractivity contribution in [2.75, 3.05) is 25.5 Å². The SMILES string of the molecule is COc1cncc(NC(=O)N2CCC(OC3CCC3)CC2)n1. The number of carbonyl (C=O) groups is 1. The second-order valence-electron chi connectivity index (χ2n) is 5.75. The number of nitrogens with zero attached hydrogens (tertiary/aromatic N) is 3. The number of piperidine rings is 1. The average Bonchev–Trinajstić information content (AvgIpc) is 2.51. The number of likely N-dealkylation sites (tertiary alicyclic amines) is 1. The highest BCUT2D eigenvalue weighted by molar-refractivity contribution is 5.88. The fourth-order valence-electron chi connectivity index (χ4n) is 2.67. The van der Waals surface area contributed by atoms with Crippen LogP contribution < -0.4 is 10.1 Å². The van der Waals surface area contributed by atoms with Gasteiger partial charge in [0, 0.05) is 13.1 Å². The standard InChI is InChI=1S/C15H22N4O3/c1-21-14-10-16-9-13(17-14)18-15(20)19-7-5-12(6-8-19)22-11-3-2-4-11/h9-12H,2-8H2,1H3,(H,17,18,20). The van der Waals surface area contributed by atoms with Crippen LogP contribution in [-0.4, -0.2) is 53.3 Å². The molecular weight excluding hydrogens is 284 g/mol. The molecule has 1 aromatic rings. The number of anilines is 1. The summed E-state index contributed by atoms with van der Waals surface area (Å²) in [5.74, 6) is 0.780. The van der Waals surface area contributed by atoms with Gasteiger partial charge in [-0.05, 0) is 32.1 Å². The maximum Gasteiger partial charge on any atom is 0.323 e. The summed E-state index contributed by atoms with van der Waals surface area (Å²) in [6.07, 6.45) is 9.22. The molecular formula is C15H22N4O3. The molecule has 7 nitrogen and oxygen atoms in total. The lowest BCUT2D eigenvalue weighted by atomic mass is 9.95. The minimum atomic E-state index is -0.148. The van der Waals surface area contributed by atoms with E-state index in [1.165, 1.54) is 38.8 Å². The van der Waals surface area contributed by atoms with Gasteiger partial charge in [0.2, 0.25) is 5.88 Å². The maximum absolute atomic E-state index is 12.2. The van der Waals surface area contributed by atoms with E-state index in [9.17, 15) is 4.79 Å². The van der Waals surface area contributed by atoms with Crippen molar-refractivity contribution >= 4 is 11.8 Å². The lowest BCUT2D eigenvalue weighted by molar-refractivity contribution is -0.0694. The summed E-state index contributed by atoms with van der Waals surface area (Å²) < 4.78 is 11.0. The van der Waals surface area contributed by atoms with Gasteiger partial charge in [-0.3, -0.25) is 10.3 Å². The van der Waals surface area contributed by atoms with Crippen LogP contribution in [0.15, 0.2) is 12.4 Å². The number of aromatic nitrogens is 2. The van der Waals surface area contributed by atoms with E-state index in [0.717, 1.165) is 12.8 Å². The van der Waals surface area contributed by atoms with Crippen molar-refractivity contribution in [3.05, 3.63) is 12.4 Å². The van der Waals surface area contributed by atoms with Crippen LogP contribution in [0.3, 0.4) is 0 Å². The Balaban J connectivity index is 1.46. The fourth-order valence-corrected chi connectivity index (χ4v) is 2.67. The first kappa shape index (κ1) is 15.0. The lowest BCUT2D eigenvalue weighted by Gasteiger charge is -2.36. The third kappa shape index (κ3) is 3.65. The summed E-state index contributed by atoms with van der Waals surface area (Å²) in [6, 6.07) is -0.148. The molecule has 1 aliphatic heterocycles. The van der Waals surface area contributed by atoms with Crippen LogP contribution in [0.1, 0.15) is 32.1 Å². The molecule has 22 heavy (non-hydrogen) atoms. The number of ether oxygens (including phenoxy) is 2. The van der Waals surface area contributed by atoms with Crippen molar-refractivity contribution in [3.63, 3.8) is 0 Å². The highest BCUT2D eigenvalue weighted by atomic mass is 16.5. The van der Waals surface area contributed by atoms with Gasteiger partial charge < -0.3 is 14.4 Å². The van der Waals surface area contributed by atoms with Gasteiger partial charge in [-0.1, -0.05) is 0 Å². The van der Waals surface area contributed by atoms with Crippen LogP contribution in [0.4, 0.5) is 10.6 Å². The van der Waals surface area contributed by atoms with Gasteiger partial charge in [-0.25, -0.2) is 4.79 Å². The third-order valence-corrected chi connectivity index (χ3v) is 4.22. The highest BCUT2D eigenvalue weighted by Gasteiger charge is 2.27. The van der Waals surface area contributed by atoms with Crippen molar-refractivity contribution in [2.24, 2.45) is 0 Å². The van der Waals surface area contributed by atoms with Gasteiger partial charge in [0.1, 0.15) is 0 Å². The van der Waals surface area contributed by atoms with Crippen molar-refractivity contribution in [2.45, 2.75) is 44.3 Å². The van der Waals surface area contributed by atoms with Gasteiger partial charge in [0.25, 0.3) is 0 Å². The molecule has 1 saturated heterocycles. The first-order chi connectivity index (χ1) is 10.7. The first-order valence-corrected chi connectivity index (χ1v) is 7.82. The minimum absolute atomic E-state index is 0.148. The molecule has 0 radical (unpaired) electrons.